The van der Waals surface area contributed by atoms with Gasteiger partial charge in [-0.25, -0.2) is 9.37 Å². The Morgan fingerprint density at radius 3 is 2.77 bits per heavy atom. The maximum atomic E-state index is 13.7. The Labute approximate surface area is 180 Å². The number of amides is 1. The molecular weight excluding hydrogens is 391 g/mol. The fraction of sp³-hybridized carbons (Fsp3) is 0.280. The minimum atomic E-state index is -1.02. The van der Waals surface area contributed by atoms with Gasteiger partial charge in [-0.1, -0.05) is 24.8 Å². The minimum absolute atomic E-state index is 0.107. The summed E-state index contributed by atoms with van der Waals surface area (Å²) in [4.78, 5) is 19.6. The zero-order valence-electron chi connectivity index (χ0n) is 17.8. The van der Waals surface area contributed by atoms with Crippen molar-refractivity contribution in [1.82, 2.24) is 19.0 Å². The van der Waals surface area contributed by atoms with E-state index in [0.29, 0.717) is 24.1 Å². The third-order valence-corrected chi connectivity index (χ3v) is 6.26. The predicted molar refractivity (Wildman–Crippen MR) is 122 cm³/mol. The lowest BCUT2D eigenvalue weighted by molar-refractivity contribution is 0.0725. The second-order valence-corrected chi connectivity index (χ2v) is 8.17. The van der Waals surface area contributed by atoms with Crippen LogP contribution in [0.3, 0.4) is 0 Å². The minimum Gasteiger partial charge on any atom is -0.338 e. The van der Waals surface area contributed by atoms with Crippen LogP contribution in [0.1, 0.15) is 23.7 Å². The molecule has 6 heteroatoms. The zero-order valence-corrected chi connectivity index (χ0v) is 17.8. The number of nitrogens with zero attached hydrogens (tertiary/aromatic N) is 4. The summed E-state index contributed by atoms with van der Waals surface area (Å²) in [5.41, 5.74) is 5.00. The van der Waals surface area contributed by atoms with Crippen LogP contribution < -0.4 is 0 Å². The van der Waals surface area contributed by atoms with Gasteiger partial charge in [0, 0.05) is 49.6 Å². The van der Waals surface area contributed by atoms with Crippen molar-refractivity contribution in [2.45, 2.75) is 26.1 Å². The number of benzene rings is 2. The molecule has 1 fully saturated rings. The van der Waals surface area contributed by atoms with Gasteiger partial charge in [0.25, 0.3) is 5.91 Å². The summed E-state index contributed by atoms with van der Waals surface area (Å²) >= 11 is 0. The van der Waals surface area contributed by atoms with Crippen LogP contribution in [0, 0.1) is 0 Å². The van der Waals surface area contributed by atoms with E-state index in [9.17, 15) is 9.18 Å². The first-order valence-electron chi connectivity index (χ1n) is 10.6. The Hall–Kier alpha value is -3.41. The number of likely N-dealkylation sites (tertiary alicyclic amines) is 1. The van der Waals surface area contributed by atoms with Crippen LogP contribution in [0.5, 0.6) is 0 Å². The van der Waals surface area contributed by atoms with Gasteiger partial charge in [-0.05, 0) is 42.8 Å². The van der Waals surface area contributed by atoms with Crippen molar-refractivity contribution in [1.29, 1.82) is 0 Å². The largest absolute Gasteiger partial charge is 0.338 e. The number of alkyl halides is 1. The Bertz CT molecular complexity index is 1330. The van der Waals surface area contributed by atoms with E-state index >= 15 is 0 Å². The summed E-state index contributed by atoms with van der Waals surface area (Å²) in [6.45, 7) is 7.40. The molecule has 5 rings (SSSR count). The standard InChI is InChI=1S/C25H25FN4O/c1-4-30-21-8-6-5-7-17(21)14-23(30)24-27-20-13-18(9-10-22(20)28(24)3)25(31)29-12-11-19(26)16(2)15-29/h5-10,13-14,19H,2,4,11-12,15H2,1,3H3. The molecule has 2 aromatic carbocycles. The first kappa shape index (κ1) is 19.5. The lowest BCUT2D eigenvalue weighted by Gasteiger charge is -2.30. The lowest BCUT2D eigenvalue weighted by atomic mass is 10.0. The average Bonchev–Trinajstić information content (AvgIpc) is 3.32. The number of hydrogen-bond donors (Lipinski definition) is 0. The Balaban J connectivity index is 1.55. The number of carbonyl (C=O) groups excluding carboxylic acids is 1. The topological polar surface area (TPSA) is 43.1 Å². The molecule has 4 aromatic rings. The number of imidazole rings is 1. The maximum absolute atomic E-state index is 13.7. The fourth-order valence-corrected chi connectivity index (χ4v) is 4.55. The number of fused-ring (bicyclic) bond motifs is 2. The Kier molecular flexibility index (Phi) is 4.65. The molecule has 1 unspecified atom stereocenters. The molecule has 1 saturated heterocycles. The molecule has 1 amide bonds. The molecule has 0 N–H and O–H groups in total. The molecule has 1 atom stereocenters. The summed E-state index contributed by atoms with van der Waals surface area (Å²) in [6.07, 6.45) is -0.711. The van der Waals surface area contributed by atoms with Gasteiger partial charge in [-0.2, -0.15) is 0 Å². The number of halogens is 1. The second kappa shape index (κ2) is 7.38. The molecule has 1 aliphatic heterocycles. The number of piperidine rings is 1. The average molecular weight is 417 g/mol. The smallest absolute Gasteiger partial charge is 0.254 e. The van der Waals surface area contributed by atoms with Crippen LogP contribution in [-0.2, 0) is 13.6 Å². The number of aryl methyl sites for hydroxylation is 2. The monoisotopic (exact) mass is 416 g/mol. The number of carbonyl (C=O) groups is 1. The SMILES string of the molecule is C=C1CN(C(=O)c2ccc3c(c2)nc(-c2cc4ccccc4n2CC)n3C)CCC1F. The lowest BCUT2D eigenvalue weighted by Crippen LogP contribution is -2.40. The van der Waals surface area contributed by atoms with Crippen LogP contribution in [0.25, 0.3) is 33.5 Å². The van der Waals surface area contributed by atoms with Crippen molar-refractivity contribution in [3.8, 4) is 11.5 Å². The molecule has 31 heavy (non-hydrogen) atoms. The molecular formula is C25H25FN4O. The van der Waals surface area contributed by atoms with Crippen LogP contribution >= 0.6 is 0 Å². The second-order valence-electron chi connectivity index (χ2n) is 8.17. The van der Waals surface area contributed by atoms with Gasteiger partial charge in [-0.3, -0.25) is 4.79 Å². The van der Waals surface area contributed by atoms with Gasteiger partial charge in [-0.15, -0.1) is 0 Å². The van der Waals surface area contributed by atoms with Crippen molar-refractivity contribution in [2.75, 3.05) is 13.1 Å². The quantitative estimate of drug-likeness (QED) is 0.443. The van der Waals surface area contributed by atoms with Crippen molar-refractivity contribution in [3.63, 3.8) is 0 Å². The molecule has 0 spiro atoms. The number of para-hydroxylation sites is 1. The molecule has 158 valence electrons. The predicted octanol–water partition coefficient (Wildman–Crippen LogP) is 4.96. The molecule has 2 aromatic heterocycles. The Morgan fingerprint density at radius 2 is 2.00 bits per heavy atom. The van der Waals surface area contributed by atoms with E-state index in [1.165, 1.54) is 10.9 Å². The summed E-state index contributed by atoms with van der Waals surface area (Å²) in [5, 5.41) is 1.18. The van der Waals surface area contributed by atoms with Gasteiger partial charge in [0.15, 0.2) is 5.82 Å². The van der Waals surface area contributed by atoms with Crippen LogP contribution in [-0.4, -0.2) is 44.2 Å². The molecule has 0 aliphatic carbocycles. The van der Waals surface area contributed by atoms with E-state index in [4.69, 9.17) is 4.98 Å². The third-order valence-electron chi connectivity index (χ3n) is 6.26. The highest BCUT2D eigenvalue weighted by molar-refractivity contribution is 5.98. The van der Waals surface area contributed by atoms with Crippen LogP contribution in [0.15, 0.2) is 60.7 Å². The molecule has 5 nitrogen and oxygen atoms in total. The summed E-state index contributed by atoms with van der Waals surface area (Å²) < 4.78 is 18.0. The van der Waals surface area contributed by atoms with Gasteiger partial charge in [0.05, 0.1) is 16.7 Å². The van der Waals surface area contributed by atoms with E-state index in [1.807, 2.05) is 37.4 Å². The first-order valence-corrected chi connectivity index (χ1v) is 10.6. The van der Waals surface area contributed by atoms with Crippen molar-refractivity contribution in [3.05, 3.63) is 66.2 Å². The fourth-order valence-electron chi connectivity index (χ4n) is 4.55. The highest BCUT2D eigenvalue weighted by Gasteiger charge is 2.26. The third kappa shape index (κ3) is 3.14. The highest BCUT2D eigenvalue weighted by atomic mass is 19.1. The van der Waals surface area contributed by atoms with Gasteiger partial charge in [0.2, 0.25) is 0 Å². The number of hydrogen-bond acceptors (Lipinski definition) is 2. The molecule has 0 radical (unpaired) electrons. The van der Waals surface area contributed by atoms with Crippen molar-refractivity contribution >= 4 is 27.8 Å². The van der Waals surface area contributed by atoms with E-state index in [1.54, 1.807) is 4.90 Å². The van der Waals surface area contributed by atoms with Crippen LogP contribution in [0.2, 0.25) is 0 Å². The van der Waals surface area contributed by atoms with Crippen LogP contribution in [0.4, 0.5) is 4.39 Å². The van der Waals surface area contributed by atoms with E-state index in [-0.39, 0.29) is 12.5 Å². The molecule has 0 saturated carbocycles. The molecule has 3 heterocycles. The number of rotatable bonds is 3. The van der Waals surface area contributed by atoms with Gasteiger partial charge in [0.1, 0.15) is 6.17 Å². The summed E-state index contributed by atoms with van der Waals surface area (Å²) in [7, 11) is 2.00. The Morgan fingerprint density at radius 1 is 1.19 bits per heavy atom. The highest BCUT2D eigenvalue weighted by Crippen LogP contribution is 2.30. The van der Waals surface area contributed by atoms with Crippen molar-refractivity contribution in [2.24, 2.45) is 7.05 Å². The van der Waals surface area contributed by atoms with Gasteiger partial charge < -0.3 is 14.0 Å². The summed E-state index contributed by atoms with van der Waals surface area (Å²) in [5.74, 6) is 0.758. The molecule has 1 aliphatic rings. The molecule has 0 bridgehead atoms. The first-order chi connectivity index (χ1) is 15.0. The normalized spacial score (nSPS) is 17.1. The number of aromatic nitrogens is 3. The zero-order chi connectivity index (χ0) is 21.7. The maximum Gasteiger partial charge on any atom is 0.254 e. The summed E-state index contributed by atoms with van der Waals surface area (Å²) in [6, 6.07) is 16.1. The van der Waals surface area contributed by atoms with E-state index < -0.39 is 6.17 Å². The van der Waals surface area contributed by atoms with E-state index in [0.717, 1.165) is 29.1 Å². The van der Waals surface area contributed by atoms with Gasteiger partial charge >= 0.3 is 0 Å². The van der Waals surface area contributed by atoms with E-state index in [2.05, 4.69) is 40.8 Å². The van der Waals surface area contributed by atoms with Crippen molar-refractivity contribution < 1.29 is 9.18 Å².